The van der Waals surface area contributed by atoms with Crippen LogP contribution in [0.3, 0.4) is 0 Å². The molecule has 78 valence electrons. The average Bonchev–Trinajstić information content (AvgIpc) is 2.53. The fourth-order valence-electron chi connectivity index (χ4n) is 2.35. The molecule has 0 bridgehead atoms. The summed E-state index contributed by atoms with van der Waals surface area (Å²) in [5.41, 5.74) is -1.75. The lowest BCUT2D eigenvalue weighted by Gasteiger charge is -2.11. The first-order chi connectivity index (χ1) is 6.50. The SMILES string of the molecule is COC(=O)C[C@@]1(F)[C@@H]2C[C@@H](O)C(=O)[C@@H]21. The molecule has 0 amide bonds. The van der Waals surface area contributed by atoms with Crippen LogP contribution in [0.5, 0.6) is 0 Å². The number of esters is 1. The Labute approximate surface area is 80.0 Å². The zero-order valence-corrected chi connectivity index (χ0v) is 7.70. The number of carbonyl (C=O) groups is 2. The molecule has 14 heavy (non-hydrogen) atoms. The zero-order chi connectivity index (χ0) is 10.5. The van der Waals surface area contributed by atoms with E-state index in [1.54, 1.807) is 0 Å². The molecule has 0 saturated heterocycles. The summed E-state index contributed by atoms with van der Waals surface area (Å²) < 4.78 is 18.2. The molecule has 0 unspecified atom stereocenters. The minimum absolute atomic E-state index is 0.136. The summed E-state index contributed by atoms with van der Waals surface area (Å²) in [5.74, 6) is -2.38. The van der Waals surface area contributed by atoms with Gasteiger partial charge < -0.3 is 9.84 Å². The van der Waals surface area contributed by atoms with E-state index in [1.165, 1.54) is 7.11 Å². The topological polar surface area (TPSA) is 63.6 Å². The van der Waals surface area contributed by atoms with Crippen molar-refractivity contribution in [3.8, 4) is 0 Å². The second kappa shape index (κ2) is 2.76. The molecule has 0 aromatic heterocycles. The highest BCUT2D eigenvalue weighted by molar-refractivity contribution is 5.94. The smallest absolute Gasteiger partial charge is 0.308 e. The number of halogens is 1. The number of fused-ring (bicyclic) bond motifs is 1. The van der Waals surface area contributed by atoms with Crippen LogP contribution >= 0.6 is 0 Å². The van der Waals surface area contributed by atoms with Crippen molar-refractivity contribution >= 4 is 11.8 Å². The highest BCUT2D eigenvalue weighted by atomic mass is 19.1. The van der Waals surface area contributed by atoms with E-state index < -0.39 is 35.4 Å². The number of aliphatic hydroxyl groups is 1. The molecule has 2 aliphatic carbocycles. The van der Waals surface area contributed by atoms with Gasteiger partial charge in [0.25, 0.3) is 0 Å². The standard InChI is InChI=1S/C9H11FO4/c1-14-6(12)3-9(10)4-2-5(11)8(13)7(4)9/h4-5,7,11H,2-3H2,1H3/t4-,5-,7-,9-/m1/s1. The van der Waals surface area contributed by atoms with Gasteiger partial charge in [-0.05, 0) is 6.42 Å². The molecule has 4 atom stereocenters. The molecule has 0 radical (unpaired) electrons. The second-order valence-corrected chi connectivity index (χ2v) is 3.92. The van der Waals surface area contributed by atoms with Crippen LogP contribution in [0.15, 0.2) is 0 Å². The van der Waals surface area contributed by atoms with Crippen molar-refractivity contribution in [2.75, 3.05) is 7.11 Å². The van der Waals surface area contributed by atoms with Crippen molar-refractivity contribution < 1.29 is 23.8 Å². The molecule has 5 heteroatoms. The molecule has 2 saturated carbocycles. The van der Waals surface area contributed by atoms with Crippen molar-refractivity contribution in [3.05, 3.63) is 0 Å². The first-order valence-electron chi connectivity index (χ1n) is 4.48. The largest absolute Gasteiger partial charge is 0.469 e. The van der Waals surface area contributed by atoms with Gasteiger partial charge >= 0.3 is 5.97 Å². The van der Waals surface area contributed by atoms with Crippen LogP contribution in [-0.4, -0.2) is 35.7 Å². The maximum atomic E-state index is 13.8. The van der Waals surface area contributed by atoms with E-state index in [0.717, 1.165) is 0 Å². The monoisotopic (exact) mass is 202 g/mol. The molecular formula is C9H11FO4. The Morgan fingerprint density at radius 1 is 1.79 bits per heavy atom. The van der Waals surface area contributed by atoms with Crippen LogP contribution in [0, 0.1) is 11.8 Å². The highest BCUT2D eigenvalue weighted by Crippen LogP contribution is 2.63. The molecular weight excluding hydrogens is 191 g/mol. The fourth-order valence-corrected chi connectivity index (χ4v) is 2.35. The molecule has 0 heterocycles. The van der Waals surface area contributed by atoms with Crippen LogP contribution in [0.25, 0.3) is 0 Å². The maximum absolute atomic E-state index is 13.8. The third kappa shape index (κ3) is 1.08. The molecule has 2 fully saturated rings. The quantitative estimate of drug-likeness (QED) is 0.632. The third-order valence-electron chi connectivity index (χ3n) is 3.18. The Balaban J connectivity index is 2.04. The summed E-state index contributed by atoms with van der Waals surface area (Å²) >= 11 is 0. The number of ether oxygens (including phenoxy) is 1. The molecule has 0 spiro atoms. The number of methoxy groups -OCH3 is 1. The average molecular weight is 202 g/mol. The number of hydrogen-bond donors (Lipinski definition) is 1. The Kier molecular flexibility index (Phi) is 1.89. The first kappa shape index (κ1) is 9.58. The molecule has 4 nitrogen and oxygen atoms in total. The van der Waals surface area contributed by atoms with Gasteiger partial charge in [0.2, 0.25) is 0 Å². The number of carbonyl (C=O) groups excluding carboxylic acids is 2. The summed E-state index contributed by atoms with van der Waals surface area (Å²) in [5, 5.41) is 9.09. The van der Waals surface area contributed by atoms with Crippen molar-refractivity contribution in [2.24, 2.45) is 11.8 Å². The number of Topliss-reactive ketones (excluding diaryl/α,β-unsaturated/α-hetero) is 1. The summed E-state index contributed by atoms with van der Waals surface area (Å²) in [6.45, 7) is 0. The maximum Gasteiger partial charge on any atom is 0.308 e. The van der Waals surface area contributed by atoms with Gasteiger partial charge in [0, 0.05) is 5.92 Å². The zero-order valence-electron chi connectivity index (χ0n) is 7.70. The van der Waals surface area contributed by atoms with Crippen molar-refractivity contribution in [2.45, 2.75) is 24.6 Å². The predicted octanol–water partition coefficient (Wildman–Crippen LogP) is -0.163. The molecule has 2 rings (SSSR count). The van der Waals surface area contributed by atoms with E-state index in [9.17, 15) is 14.0 Å². The number of aliphatic hydroxyl groups excluding tert-OH is 1. The van der Waals surface area contributed by atoms with Crippen LogP contribution in [-0.2, 0) is 14.3 Å². The summed E-state index contributed by atoms with van der Waals surface area (Å²) in [6.07, 6.45) is -1.28. The van der Waals surface area contributed by atoms with E-state index in [-0.39, 0.29) is 12.8 Å². The molecule has 2 aliphatic rings. The van der Waals surface area contributed by atoms with Gasteiger partial charge in [-0.3, -0.25) is 9.59 Å². The first-order valence-corrected chi connectivity index (χ1v) is 4.48. The predicted molar refractivity (Wildman–Crippen MR) is 43.1 cm³/mol. The number of alkyl halides is 1. The van der Waals surface area contributed by atoms with E-state index in [1.807, 2.05) is 0 Å². The van der Waals surface area contributed by atoms with Crippen LogP contribution in [0.4, 0.5) is 4.39 Å². The normalized spacial score (nSPS) is 44.8. The number of hydrogen-bond acceptors (Lipinski definition) is 4. The van der Waals surface area contributed by atoms with Gasteiger partial charge in [-0.2, -0.15) is 0 Å². The lowest BCUT2D eigenvalue weighted by Crippen LogP contribution is -2.27. The van der Waals surface area contributed by atoms with Gasteiger partial charge in [0.1, 0.15) is 11.8 Å². The molecule has 0 aromatic rings. The summed E-state index contributed by atoms with van der Waals surface area (Å²) in [4.78, 5) is 22.0. The van der Waals surface area contributed by atoms with E-state index in [0.29, 0.717) is 0 Å². The Morgan fingerprint density at radius 3 is 2.86 bits per heavy atom. The third-order valence-corrected chi connectivity index (χ3v) is 3.18. The van der Waals surface area contributed by atoms with Gasteiger partial charge in [-0.1, -0.05) is 0 Å². The lowest BCUT2D eigenvalue weighted by molar-refractivity contribution is -0.143. The van der Waals surface area contributed by atoms with Gasteiger partial charge in [-0.15, -0.1) is 0 Å². The van der Waals surface area contributed by atoms with Gasteiger partial charge in [0.05, 0.1) is 19.4 Å². The second-order valence-electron chi connectivity index (χ2n) is 3.92. The number of ketones is 1. The Morgan fingerprint density at radius 2 is 2.43 bits per heavy atom. The number of rotatable bonds is 2. The Hall–Kier alpha value is -0.970. The highest BCUT2D eigenvalue weighted by Gasteiger charge is 2.74. The molecule has 1 N–H and O–H groups in total. The summed E-state index contributed by atoms with van der Waals surface area (Å²) in [7, 11) is 1.18. The minimum Gasteiger partial charge on any atom is -0.469 e. The van der Waals surface area contributed by atoms with Crippen LogP contribution < -0.4 is 0 Å². The summed E-state index contributed by atoms with van der Waals surface area (Å²) in [6, 6.07) is 0. The van der Waals surface area contributed by atoms with Gasteiger partial charge in [-0.25, -0.2) is 4.39 Å². The molecule has 0 aromatic carbocycles. The lowest BCUT2D eigenvalue weighted by atomic mass is 10.0. The van der Waals surface area contributed by atoms with Crippen LogP contribution in [0.2, 0.25) is 0 Å². The van der Waals surface area contributed by atoms with E-state index in [4.69, 9.17) is 5.11 Å². The fraction of sp³-hybridized carbons (Fsp3) is 0.778. The van der Waals surface area contributed by atoms with E-state index in [2.05, 4.69) is 4.74 Å². The Bertz CT molecular complexity index is 303. The van der Waals surface area contributed by atoms with E-state index >= 15 is 0 Å². The minimum atomic E-state index is -1.75. The van der Waals surface area contributed by atoms with Crippen LogP contribution in [0.1, 0.15) is 12.8 Å². The molecule has 0 aliphatic heterocycles. The van der Waals surface area contributed by atoms with Crippen molar-refractivity contribution in [1.29, 1.82) is 0 Å². The van der Waals surface area contributed by atoms with Gasteiger partial charge in [0.15, 0.2) is 5.78 Å². The van der Waals surface area contributed by atoms with Crippen molar-refractivity contribution in [3.63, 3.8) is 0 Å². The van der Waals surface area contributed by atoms with Crippen molar-refractivity contribution in [1.82, 2.24) is 0 Å².